The molecule has 0 unspecified atom stereocenters. The summed E-state index contributed by atoms with van der Waals surface area (Å²) in [5.41, 5.74) is 0.168. The molecule has 2 atom stereocenters. The summed E-state index contributed by atoms with van der Waals surface area (Å²) < 4.78 is 0. The van der Waals surface area contributed by atoms with Gasteiger partial charge in [0.05, 0.1) is 12.0 Å². The third kappa shape index (κ3) is 2.80. The third-order valence-corrected chi connectivity index (χ3v) is 4.03. The van der Waals surface area contributed by atoms with Gasteiger partial charge in [0.15, 0.2) is 0 Å². The van der Waals surface area contributed by atoms with Crippen molar-refractivity contribution in [3.63, 3.8) is 0 Å². The minimum Gasteiger partial charge on any atom is -0.351 e. The molecule has 4 heteroatoms. The summed E-state index contributed by atoms with van der Waals surface area (Å²) in [6.07, 6.45) is 0. The van der Waals surface area contributed by atoms with Crippen molar-refractivity contribution in [2.45, 2.75) is 39.3 Å². The summed E-state index contributed by atoms with van der Waals surface area (Å²) in [5.74, 6) is 0.868. The molecule has 98 valence electrons. The maximum atomic E-state index is 12.2. The second-order valence-electron chi connectivity index (χ2n) is 6.52. The lowest BCUT2D eigenvalue weighted by molar-refractivity contribution is -0.126. The zero-order chi connectivity index (χ0) is 12.6. The number of hydrogen-bond donors (Lipinski definition) is 2. The molecule has 1 amide bonds. The van der Waals surface area contributed by atoms with E-state index in [1.807, 2.05) is 0 Å². The predicted octanol–water partition coefficient (Wildman–Crippen LogP) is 0.441. The molecule has 0 aromatic rings. The van der Waals surface area contributed by atoms with Crippen LogP contribution >= 0.6 is 0 Å². The molecule has 4 nitrogen and oxygen atoms in total. The Morgan fingerprint density at radius 3 is 2.35 bits per heavy atom. The van der Waals surface area contributed by atoms with Gasteiger partial charge in [0, 0.05) is 31.7 Å². The summed E-state index contributed by atoms with van der Waals surface area (Å²) in [6, 6.07) is 0.360. The van der Waals surface area contributed by atoms with Crippen LogP contribution in [0.5, 0.6) is 0 Å². The smallest absolute Gasteiger partial charge is 0.225 e. The highest BCUT2D eigenvalue weighted by Gasteiger charge is 2.39. The summed E-state index contributed by atoms with van der Waals surface area (Å²) in [6.45, 7) is 12.6. The van der Waals surface area contributed by atoms with E-state index in [0.29, 0.717) is 12.0 Å². The lowest BCUT2D eigenvalue weighted by atomic mass is 9.96. The first-order valence-corrected chi connectivity index (χ1v) is 6.64. The molecule has 0 aliphatic carbocycles. The second kappa shape index (κ2) is 4.58. The summed E-state index contributed by atoms with van der Waals surface area (Å²) >= 11 is 0. The number of carbonyl (C=O) groups excluding carboxylic acids is 1. The zero-order valence-electron chi connectivity index (χ0n) is 11.4. The first-order valence-electron chi connectivity index (χ1n) is 6.64. The van der Waals surface area contributed by atoms with Crippen molar-refractivity contribution in [2.75, 3.05) is 26.2 Å². The van der Waals surface area contributed by atoms with Gasteiger partial charge in [-0.3, -0.25) is 9.69 Å². The molecule has 17 heavy (non-hydrogen) atoms. The van der Waals surface area contributed by atoms with E-state index in [4.69, 9.17) is 0 Å². The van der Waals surface area contributed by atoms with Gasteiger partial charge in [-0.15, -0.1) is 0 Å². The van der Waals surface area contributed by atoms with E-state index >= 15 is 0 Å². The van der Waals surface area contributed by atoms with Crippen molar-refractivity contribution in [1.82, 2.24) is 15.5 Å². The molecule has 2 heterocycles. The molecule has 0 radical (unpaired) electrons. The monoisotopic (exact) mass is 239 g/mol. The molecule has 0 aromatic carbocycles. The van der Waals surface area contributed by atoms with Crippen LogP contribution in [0.1, 0.15) is 27.7 Å². The zero-order valence-corrected chi connectivity index (χ0v) is 11.4. The number of carbonyl (C=O) groups is 1. The normalized spacial score (nSPS) is 31.3. The summed E-state index contributed by atoms with van der Waals surface area (Å²) in [5, 5.41) is 6.31. The Morgan fingerprint density at radius 2 is 1.94 bits per heavy atom. The number of rotatable bonds is 2. The highest BCUT2D eigenvalue weighted by Crippen LogP contribution is 2.29. The van der Waals surface area contributed by atoms with Crippen LogP contribution in [0.25, 0.3) is 0 Å². The molecule has 2 saturated heterocycles. The van der Waals surface area contributed by atoms with E-state index in [9.17, 15) is 4.79 Å². The maximum absolute atomic E-state index is 12.2. The van der Waals surface area contributed by atoms with E-state index in [0.717, 1.165) is 26.2 Å². The van der Waals surface area contributed by atoms with Gasteiger partial charge in [0.2, 0.25) is 5.91 Å². The van der Waals surface area contributed by atoms with Gasteiger partial charge in [-0.1, -0.05) is 6.92 Å². The third-order valence-electron chi connectivity index (χ3n) is 4.03. The van der Waals surface area contributed by atoms with Crippen molar-refractivity contribution in [1.29, 1.82) is 0 Å². The Bertz CT molecular complexity index is 294. The maximum Gasteiger partial charge on any atom is 0.225 e. The first-order chi connectivity index (χ1) is 7.88. The van der Waals surface area contributed by atoms with Gasteiger partial charge in [-0.25, -0.2) is 0 Å². The fraction of sp³-hybridized carbons (Fsp3) is 0.923. The lowest BCUT2D eigenvalue weighted by Crippen LogP contribution is -2.58. The van der Waals surface area contributed by atoms with Crippen LogP contribution in [0.3, 0.4) is 0 Å². The van der Waals surface area contributed by atoms with Crippen LogP contribution in [0, 0.1) is 11.8 Å². The van der Waals surface area contributed by atoms with Crippen molar-refractivity contribution >= 4 is 5.91 Å². The molecular formula is C13H25N3O. The SMILES string of the molecule is C[C@H]1CN(C(C)(C)C)C[C@@H]1C(=O)NC1CNC1. The number of nitrogens with one attached hydrogen (secondary N) is 2. The van der Waals surface area contributed by atoms with Gasteiger partial charge in [0.1, 0.15) is 0 Å². The van der Waals surface area contributed by atoms with Gasteiger partial charge in [0.25, 0.3) is 0 Å². The molecule has 0 bridgehead atoms. The molecule has 0 saturated carbocycles. The van der Waals surface area contributed by atoms with Crippen LogP contribution in [0.15, 0.2) is 0 Å². The average molecular weight is 239 g/mol. The standard InChI is InChI=1S/C13H25N3O/c1-9-7-16(13(2,3)4)8-11(9)12(17)15-10-5-14-6-10/h9-11,14H,5-8H2,1-4H3,(H,15,17)/t9-,11-/m0/s1. The fourth-order valence-corrected chi connectivity index (χ4v) is 2.55. The van der Waals surface area contributed by atoms with Crippen LogP contribution in [-0.4, -0.2) is 48.6 Å². The lowest BCUT2D eigenvalue weighted by Gasteiger charge is -2.32. The van der Waals surface area contributed by atoms with Gasteiger partial charge in [-0.05, 0) is 26.7 Å². The minimum absolute atomic E-state index is 0.162. The van der Waals surface area contributed by atoms with E-state index in [-0.39, 0.29) is 17.4 Å². The Hall–Kier alpha value is -0.610. The van der Waals surface area contributed by atoms with E-state index < -0.39 is 0 Å². The highest BCUT2D eigenvalue weighted by molar-refractivity contribution is 5.80. The Morgan fingerprint density at radius 1 is 1.29 bits per heavy atom. The predicted molar refractivity (Wildman–Crippen MR) is 68.8 cm³/mol. The molecule has 0 spiro atoms. The number of likely N-dealkylation sites (tertiary alicyclic amines) is 1. The quantitative estimate of drug-likeness (QED) is 0.735. The van der Waals surface area contributed by atoms with Crippen molar-refractivity contribution in [3.8, 4) is 0 Å². The van der Waals surface area contributed by atoms with Crippen LogP contribution < -0.4 is 10.6 Å². The van der Waals surface area contributed by atoms with Crippen LogP contribution in [0.4, 0.5) is 0 Å². The minimum atomic E-state index is 0.162. The van der Waals surface area contributed by atoms with Crippen LogP contribution in [-0.2, 0) is 4.79 Å². The van der Waals surface area contributed by atoms with Crippen molar-refractivity contribution in [3.05, 3.63) is 0 Å². The van der Waals surface area contributed by atoms with Gasteiger partial charge >= 0.3 is 0 Å². The summed E-state index contributed by atoms with van der Waals surface area (Å²) in [4.78, 5) is 14.6. The van der Waals surface area contributed by atoms with E-state index in [1.54, 1.807) is 0 Å². The summed E-state index contributed by atoms with van der Waals surface area (Å²) in [7, 11) is 0. The van der Waals surface area contributed by atoms with E-state index in [1.165, 1.54) is 0 Å². The second-order valence-corrected chi connectivity index (χ2v) is 6.52. The average Bonchev–Trinajstić information content (AvgIpc) is 2.53. The van der Waals surface area contributed by atoms with Gasteiger partial charge < -0.3 is 10.6 Å². The fourth-order valence-electron chi connectivity index (χ4n) is 2.55. The van der Waals surface area contributed by atoms with Crippen molar-refractivity contribution < 1.29 is 4.79 Å². The highest BCUT2D eigenvalue weighted by atomic mass is 16.2. The Labute approximate surface area is 104 Å². The Kier molecular flexibility index (Phi) is 3.46. The molecule has 2 aliphatic heterocycles. The molecule has 2 N–H and O–H groups in total. The number of hydrogen-bond acceptors (Lipinski definition) is 3. The van der Waals surface area contributed by atoms with Crippen molar-refractivity contribution in [2.24, 2.45) is 11.8 Å². The number of amides is 1. The number of nitrogens with zero attached hydrogens (tertiary/aromatic N) is 1. The molecule has 2 aliphatic rings. The van der Waals surface area contributed by atoms with E-state index in [2.05, 4.69) is 43.2 Å². The molecular weight excluding hydrogens is 214 g/mol. The van der Waals surface area contributed by atoms with Gasteiger partial charge in [-0.2, -0.15) is 0 Å². The first kappa shape index (κ1) is 12.8. The molecule has 2 fully saturated rings. The van der Waals surface area contributed by atoms with Crippen LogP contribution in [0.2, 0.25) is 0 Å². The molecule has 2 rings (SSSR count). The topological polar surface area (TPSA) is 44.4 Å². The largest absolute Gasteiger partial charge is 0.351 e. The Balaban J connectivity index is 1.90. The molecule has 0 aromatic heterocycles.